The van der Waals surface area contributed by atoms with Crippen LogP contribution in [0.4, 0.5) is 11.4 Å². The van der Waals surface area contributed by atoms with Crippen molar-refractivity contribution in [2.75, 3.05) is 4.81 Å². The molecular formula is C36H21BN2O. The summed E-state index contributed by atoms with van der Waals surface area (Å²) < 4.78 is 8.86. The lowest BCUT2D eigenvalue weighted by molar-refractivity contribution is 0.669. The standard InChI is InChI=1S/C36H21BN2O/c1-2-10-22(11-3-1)39-30-15-7-4-12-23(30)25-18-19-26-27-21-34-28(24-13-5-9-17-33(24)40-34)20-32(27)38-31-16-8-6-14-29(31)37(39)35(25)36(26)38/h1-21H. The van der Waals surface area contributed by atoms with Gasteiger partial charge in [0, 0.05) is 44.2 Å². The largest absolute Gasteiger partial charge is 0.456 e. The van der Waals surface area contributed by atoms with Crippen molar-refractivity contribution in [1.29, 1.82) is 0 Å². The molecule has 0 saturated heterocycles. The Hall–Kier alpha value is -5.22. The fourth-order valence-corrected chi connectivity index (χ4v) is 7.38. The highest BCUT2D eigenvalue weighted by Crippen LogP contribution is 2.45. The molecule has 0 saturated carbocycles. The van der Waals surface area contributed by atoms with E-state index in [0.29, 0.717) is 0 Å². The van der Waals surface area contributed by atoms with E-state index in [1.165, 1.54) is 60.9 Å². The number of anilines is 2. The first kappa shape index (κ1) is 20.7. The van der Waals surface area contributed by atoms with Crippen LogP contribution in [0.3, 0.4) is 0 Å². The van der Waals surface area contributed by atoms with Gasteiger partial charge in [-0.2, -0.15) is 0 Å². The number of nitrogens with zero attached hydrogens (tertiary/aromatic N) is 2. The maximum absolute atomic E-state index is 6.35. The molecule has 0 unspecified atom stereocenters. The summed E-state index contributed by atoms with van der Waals surface area (Å²) in [5, 5.41) is 4.81. The van der Waals surface area contributed by atoms with Gasteiger partial charge in [-0.05, 0) is 59.0 Å². The predicted octanol–water partition coefficient (Wildman–Crippen LogP) is 7.92. The molecule has 0 amide bonds. The normalized spacial score (nSPS) is 13.4. The van der Waals surface area contributed by atoms with Crippen molar-refractivity contribution in [2.45, 2.75) is 0 Å². The molecule has 0 atom stereocenters. The molecule has 2 aliphatic heterocycles. The molecule has 2 aliphatic rings. The number of para-hydroxylation sites is 4. The summed E-state index contributed by atoms with van der Waals surface area (Å²) in [5.41, 5.74) is 13.3. The second kappa shape index (κ2) is 7.25. The summed E-state index contributed by atoms with van der Waals surface area (Å²) in [5.74, 6) is 0. The third kappa shape index (κ3) is 2.43. The van der Waals surface area contributed by atoms with E-state index in [4.69, 9.17) is 4.42 Å². The van der Waals surface area contributed by atoms with Crippen molar-refractivity contribution in [3.63, 3.8) is 0 Å². The average molecular weight is 508 g/mol. The van der Waals surface area contributed by atoms with Gasteiger partial charge in [0.25, 0.3) is 0 Å². The number of aromatic nitrogens is 1. The van der Waals surface area contributed by atoms with Gasteiger partial charge in [-0.15, -0.1) is 0 Å². The third-order valence-corrected chi connectivity index (χ3v) is 8.96. The highest BCUT2D eigenvalue weighted by atomic mass is 16.3. The van der Waals surface area contributed by atoms with Crippen LogP contribution >= 0.6 is 0 Å². The second-order valence-corrected chi connectivity index (χ2v) is 10.9. The van der Waals surface area contributed by atoms with Gasteiger partial charge in [0.15, 0.2) is 0 Å². The molecular weight excluding hydrogens is 487 g/mol. The van der Waals surface area contributed by atoms with E-state index < -0.39 is 0 Å². The lowest BCUT2D eigenvalue weighted by Crippen LogP contribution is -2.60. The maximum atomic E-state index is 6.35. The van der Waals surface area contributed by atoms with Crippen LogP contribution in [0.2, 0.25) is 0 Å². The quantitative estimate of drug-likeness (QED) is 0.210. The first-order chi connectivity index (χ1) is 19.9. The van der Waals surface area contributed by atoms with Crippen molar-refractivity contribution < 1.29 is 4.42 Å². The Morgan fingerprint density at radius 3 is 2.23 bits per heavy atom. The lowest BCUT2D eigenvalue weighted by atomic mass is 9.44. The maximum Gasteiger partial charge on any atom is 0.333 e. The zero-order valence-electron chi connectivity index (χ0n) is 21.5. The summed E-state index contributed by atoms with van der Waals surface area (Å²) in [7, 11) is 0. The Kier molecular flexibility index (Phi) is 3.75. The molecule has 4 heteroatoms. The summed E-state index contributed by atoms with van der Waals surface area (Å²) in [6.45, 7) is 0.0628. The molecule has 4 heterocycles. The Labute approximate surface area is 230 Å². The molecule has 3 nitrogen and oxygen atoms in total. The monoisotopic (exact) mass is 508 g/mol. The smallest absolute Gasteiger partial charge is 0.333 e. The number of benzene rings is 6. The first-order valence-corrected chi connectivity index (χ1v) is 13.8. The van der Waals surface area contributed by atoms with E-state index in [-0.39, 0.29) is 6.85 Å². The van der Waals surface area contributed by atoms with Gasteiger partial charge in [0.1, 0.15) is 11.2 Å². The molecule has 0 N–H and O–H groups in total. The zero-order valence-corrected chi connectivity index (χ0v) is 21.5. The molecule has 0 radical (unpaired) electrons. The van der Waals surface area contributed by atoms with E-state index in [9.17, 15) is 0 Å². The van der Waals surface area contributed by atoms with Gasteiger partial charge >= 0.3 is 6.85 Å². The minimum atomic E-state index is 0.0628. The molecule has 8 aromatic rings. The number of furan rings is 1. The zero-order chi connectivity index (χ0) is 25.9. The summed E-state index contributed by atoms with van der Waals surface area (Å²) in [4.78, 5) is 2.54. The van der Waals surface area contributed by atoms with Crippen molar-refractivity contribution in [2.24, 2.45) is 0 Å². The molecule has 0 spiro atoms. The van der Waals surface area contributed by atoms with Gasteiger partial charge in [-0.3, -0.25) is 0 Å². The van der Waals surface area contributed by atoms with E-state index in [0.717, 1.165) is 21.9 Å². The fourth-order valence-electron chi connectivity index (χ4n) is 7.38. The molecule has 0 fully saturated rings. The average Bonchev–Trinajstić information content (AvgIpc) is 3.55. The molecule has 184 valence electrons. The Morgan fingerprint density at radius 2 is 1.30 bits per heavy atom. The molecule has 2 aromatic heterocycles. The lowest BCUT2D eigenvalue weighted by Gasteiger charge is -2.41. The molecule has 6 aromatic carbocycles. The second-order valence-electron chi connectivity index (χ2n) is 10.9. The van der Waals surface area contributed by atoms with Crippen LogP contribution in [-0.4, -0.2) is 11.4 Å². The van der Waals surface area contributed by atoms with Crippen LogP contribution in [0.5, 0.6) is 0 Å². The van der Waals surface area contributed by atoms with Gasteiger partial charge in [0.2, 0.25) is 0 Å². The van der Waals surface area contributed by atoms with Crippen molar-refractivity contribution in [1.82, 2.24) is 4.57 Å². The van der Waals surface area contributed by atoms with Gasteiger partial charge in [-0.25, -0.2) is 0 Å². The topological polar surface area (TPSA) is 21.3 Å². The van der Waals surface area contributed by atoms with E-state index >= 15 is 0 Å². The first-order valence-electron chi connectivity index (χ1n) is 13.8. The van der Waals surface area contributed by atoms with Crippen LogP contribution in [0.15, 0.2) is 132 Å². The van der Waals surface area contributed by atoms with Crippen LogP contribution < -0.4 is 15.7 Å². The highest BCUT2D eigenvalue weighted by Gasteiger charge is 2.43. The van der Waals surface area contributed by atoms with Crippen molar-refractivity contribution >= 4 is 72.9 Å². The summed E-state index contributed by atoms with van der Waals surface area (Å²) in [6, 6.07) is 46.2. The van der Waals surface area contributed by atoms with E-state index in [1.54, 1.807) is 0 Å². The van der Waals surface area contributed by atoms with Crippen LogP contribution in [0.25, 0.3) is 60.6 Å². The Balaban J connectivity index is 1.42. The van der Waals surface area contributed by atoms with Crippen molar-refractivity contribution in [3.05, 3.63) is 127 Å². The fraction of sp³-hybridized carbons (Fsp3) is 0. The SMILES string of the molecule is c1ccc(N2B3c4ccccc4-n4c5cc6c(cc5c5ccc(c3c54)-c3ccccc32)oc2ccccc26)cc1. The minimum absolute atomic E-state index is 0.0628. The van der Waals surface area contributed by atoms with Crippen LogP contribution in [0.1, 0.15) is 0 Å². The summed E-state index contributed by atoms with van der Waals surface area (Å²) in [6.07, 6.45) is 0. The third-order valence-electron chi connectivity index (χ3n) is 8.96. The minimum Gasteiger partial charge on any atom is -0.456 e. The van der Waals surface area contributed by atoms with Crippen LogP contribution in [-0.2, 0) is 0 Å². The number of rotatable bonds is 1. The number of hydrogen-bond acceptors (Lipinski definition) is 2. The number of fused-ring (bicyclic) bond motifs is 11. The van der Waals surface area contributed by atoms with Gasteiger partial charge < -0.3 is 13.8 Å². The van der Waals surface area contributed by atoms with Gasteiger partial charge in [0.05, 0.1) is 11.0 Å². The van der Waals surface area contributed by atoms with Crippen LogP contribution in [0, 0.1) is 0 Å². The molecule has 10 rings (SSSR count). The van der Waals surface area contributed by atoms with Gasteiger partial charge in [-0.1, -0.05) is 84.9 Å². The molecule has 40 heavy (non-hydrogen) atoms. The highest BCUT2D eigenvalue weighted by molar-refractivity contribution is 6.93. The number of hydrogen-bond donors (Lipinski definition) is 0. The molecule has 0 aliphatic carbocycles. The van der Waals surface area contributed by atoms with E-state index in [2.05, 4.69) is 131 Å². The molecule has 0 bridgehead atoms. The Morgan fingerprint density at radius 1 is 0.525 bits per heavy atom. The summed E-state index contributed by atoms with van der Waals surface area (Å²) >= 11 is 0. The predicted molar refractivity (Wildman–Crippen MR) is 167 cm³/mol. The van der Waals surface area contributed by atoms with E-state index in [1.807, 2.05) is 6.07 Å². The Bertz CT molecular complexity index is 2350. The van der Waals surface area contributed by atoms with Crippen molar-refractivity contribution in [3.8, 4) is 16.8 Å².